The van der Waals surface area contributed by atoms with Crippen molar-refractivity contribution in [3.8, 4) is 5.75 Å². The number of hydrogen-bond acceptors (Lipinski definition) is 6. The van der Waals surface area contributed by atoms with Gasteiger partial charge in [0.2, 0.25) is 0 Å². The molecule has 1 rings (SSSR count). The van der Waals surface area contributed by atoms with Crippen LogP contribution in [0.25, 0.3) is 0 Å². The van der Waals surface area contributed by atoms with E-state index < -0.39 is 22.5 Å². The second-order valence-electron chi connectivity index (χ2n) is 4.38. The number of carbonyl (C=O) groups excluding carboxylic acids is 2. The number of ether oxygens (including phenoxy) is 2. The Bertz CT molecular complexity index is 523. The van der Waals surface area contributed by atoms with E-state index in [1.807, 2.05) is 0 Å². The normalized spacial score (nSPS) is 10.6. The summed E-state index contributed by atoms with van der Waals surface area (Å²) in [4.78, 5) is 32.9. The third kappa shape index (κ3) is 3.94. The second-order valence-corrected chi connectivity index (χ2v) is 4.38. The number of nitro groups is 1. The molecule has 0 radical (unpaired) electrons. The summed E-state index contributed by atoms with van der Waals surface area (Å²) in [6.45, 7) is 2.88. The number of hydrogen-bond donors (Lipinski definition) is 1. The molecule has 1 N–H and O–H groups in total. The maximum absolute atomic E-state index is 11.9. The van der Waals surface area contributed by atoms with Crippen LogP contribution in [0.15, 0.2) is 24.3 Å². The van der Waals surface area contributed by atoms with Gasteiger partial charge in [0.1, 0.15) is 11.3 Å². The molecule has 0 aliphatic heterocycles. The van der Waals surface area contributed by atoms with Crippen molar-refractivity contribution in [2.24, 2.45) is 0 Å². The third-order valence-corrected chi connectivity index (χ3v) is 2.37. The first-order valence-electron chi connectivity index (χ1n) is 5.59. The van der Waals surface area contributed by atoms with Crippen LogP contribution in [0.2, 0.25) is 0 Å². The van der Waals surface area contributed by atoms with E-state index in [4.69, 9.17) is 4.74 Å². The zero-order valence-corrected chi connectivity index (χ0v) is 11.2. The number of methoxy groups -OCH3 is 1. The van der Waals surface area contributed by atoms with E-state index in [0.717, 1.165) is 0 Å². The molecular formula is C12H14N2O6. The number of nitro benzene ring substituents is 1. The van der Waals surface area contributed by atoms with Gasteiger partial charge in [-0.15, -0.1) is 0 Å². The lowest BCUT2D eigenvalue weighted by atomic mass is 10.1. The number of carbonyl (C=O) groups is 2. The summed E-state index contributed by atoms with van der Waals surface area (Å²) < 4.78 is 9.42. The number of nitrogens with one attached hydrogen (secondary N) is 1. The molecule has 0 unspecified atom stereocenters. The SMILES string of the molecule is COC(=O)NC(C)(C)C(=O)Oc1ccc([N+](=O)[O-])cc1. The van der Waals surface area contributed by atoms with Crippen LogP contribution >= 0.6 is 0 Å². The summed E-state index contributed by atoms with van der Waals surface area (Å²) in [6.07, 6.45) is -0.768. The average Bonchev–Trinajstić information content (AvgIpc) is 2.38. The van der Waals surface area contributed by atoms with Crippen molar-refractivity contribution < 1.29 is 24.0 Å². The van der Waals surface area contributed by atoms with Crippen molar-refractivity contribution in [1.29, 1.82) is 0 Å². The maximum atomic E-state index is 11.9. The number of amides is 1. The first-order chi connectivity index (χ1) is 9.26. The Kier molecular flexibility index (Phi) is 4.63. The number of non-ortho nitro benzene ring substituents is 1. The molecule has 0 saturated heterocycles. The predicted octanol–water partition coefficient (Wildman–Crippen LogP) is 1.63. The van der Waals surface area contributed by atoms with Crippen LogP contribution in [0.3, 0.4) is 0 Å². The molecule has 0 saturated carbocycles. The Morgan fingerprint density at radius 1 is 1.25 bits per heavy atom. The van der Waals surface area contributed by atoms with Crippen LogP contribution in [0, 0.1) is 10.1 Å². The molecule has 1 aromatic rings. The van der Waals surface area contributed by atoms with E-state index in [9.17, 15) is 19.7 Å². The molecular weight excluding hydrogens is 268 g/mol. The van der Waals surface area contributed by atoms with E-state index in [-0.39, 0.29) is 11.4 Å². The molecule has 1 amide bonds. The van der Waals surface area contributed by atoms with Gasteiger partial charge in [-0.05, 0) is 26.0 Å². The van der Waals surface area contributed by atoms with Gasteiger partial charge in [-0.1, -0.05) is 0 Å². The van der Waals surface area contributed by atoms with Gasteiger partial charge in [0.05, 0.1) is 12.0 Å². The monoisotopic (exact) mass is 282 g/mol. The molecule has 0 aliphatic rings. The van der Waals surface area contributed by atoms with Gasteiger partial charge in [0.25, 0.3) is 5.69 Å². The molecule has 1 aromatic carbocycles. The van der Waals surface area contributed by atoms with Crippen molar-refractivity contribution >= 4 is 17.7 Å². The molecule has 0 fully saturated rings. The number of benzene rings is 1. The Morgan fingerprint density at radius 2 is 1.80 bits per heavy atom. The van der Waals surface area contributed by atoms with Crippen molar-refractivity contribution in [2.75, 3.05) is 7.11 Å². The second kappa shape index (κ2) is 6.00. The number of nitrogens with zero attached hydrogens (tertiary/aromatic N) is 1. The number of alkyl carbamates (subject to hydrolysis) is 1. The molecule has 0 spiro atoms. The van der Waals surface area contributed by atoms with Crippen LogP contribution in [0.1, 0.15) is 13.8 Å². The van der Waals surface area contributed by atoms with Gasteiger partial charge < -0.3 is 14.8 Å². The largest absolute Gasteiger partial charge is 0.453 e. The van der Waals surface area contributed by atoms with Crippen molar-refractivity contribution in [2.45, 2.75) is 19.4 Å². The minimum absolute atomic E-state index is 0.114. The highest BCUT2D eigenvalue weighted by Gasteiger charge is 2.32. The fraction of sp³-hybridized carbons (Fsp3) is 0.333. The Labute approximate surface area is 114 Å². The smallest absolute Gasteiger partial charge is 0.407 e. The summed E-state index contributed by atoms with van der Waals surface area (Å²) >= 11 is 0. The third-order valence-electron chi connectivity index (χ3n) is 2.37. The fourth-order valence-corrected chi connectivity index (χ4v) is 1.23. The van der Waals surface area contributed by atoms with E-state index in [2.05, 4.69) is 10.1 Å². The summed E-state index contributed by atoms with van der Waals surface area (Å²) in [7, 11) is 1.17. The summed E-state index contributed by atoms with van der Waals surface area (Å²) in [5, 5.41) is 12.8. The molecule has 0 aromatic heterocycles. The average molecular weight is 282 g/mol. The number of esters is 1. The van der Waals surface area contributed by atoms with Gasteiger partial charge in [-0.25, -0.2) is 9.59 Å². The Hall–Kier alpha value is -2.64. The lowest BCUT2D eigenvalue weighted by molar-refractivity contribution is -0.384. The van der Waals surface area contributed by atoms with Crippen LogP contribution in [0.5, 0.6) is 5.75 Å². The van der Waals surface area contributed by atoms with Gasteiger partial charge in [0, 0.05) is 12.1 Å². The zero-order chi connectivity index (χ0) is 15.3. The number of rotatable bonds is 4. The highest BCUT2D eigenvalue weighted by molar-refractivity contribution is 5.86. The van der Waals surface area contributed by atoms with Crippen molar-refractivity contribution in [3.63, 3.8) is 0 Å². The Balaban J connectivity index is 2.74. The lowest BCUT2D eigenvalue weighted by Crippen LogP contribution is -2.51. The molecule has 20 heavy (non-hydrogen) atoms. The fourth-order valence-electron chi connectivity index (χ4n) is 1.23. The quantitative estimate of drug-likeness (QED) is 0.389. The first-order valence-corrected chi connectivity index (χ1v) is 5.59. The molecule has 0 bridgehead atoms. The standard InChI is InChI=1S/C12H14N2O6/c1-12(2,13-11(16)19-3)10(15)20-9-6-4-8(5-7-9)14(17)18/h4-7H,1-3H3,(H,13,16). The Morgan fingerprint density at radius 3 is 2.25 bits per heavy atom. The van der Waals surface area contributed by atoms with Crippen LogP contribution in [-0.4, -0.2) is 29.6 Å². The van der Waals surface area contributed by atoms with Crippen molar-refractivity contribution in [1.82, 2.24) is 5.32 Å². The van der Waals surface area contributed by atoms with Gasteiger partial charge in [0.15, 0.2) is 0 Å². The minimum atomic E-state index is -1.30. The van der Waals surface area contributed by atoms with Crippen LogP contribution in [-0.2, 0) is 9.53 Å². The van der Waals surface area contributed by atoms with E-state index in [1.54, 1.807) is 0 Å². The summed E-state index contributed by atoms with van der Waals surface area (Å²) in [6, 6.07) is 5.02. The highest BCUT2D eigenvalue weighted by Crippen LogP contribution is 2.19. The van der Waals surface area contributed by atoms with E-state index in [0.29, 0.717) is 0 Å². The first kappa shape index (κ1) is 15.4. The molecule has 0 heterocycles. The van der Waals surface area contributed by atoms with Gasteiger partial charge >= 0.3 is 12.1 Å². The van der Waals surface area contributed by atoms with E-state index >= 15 is 0 Å². The van der Waals surface area contributed by atoms with Crippen molar-refractivity contribution in [3.05, 3.63) is 34.4 Å². The van der Waals surface area contributed by atoms with Crippen LogP contribution < -0.4 is 10.1 Å². The topological polar surface area (TPSA) is 108 Å². The van der Waals surface area contributed by atoms with Gasteiger partial charge in [-0.2, -0.15) is 0 Å². The zero-order valence-electron chi connectivity index (χ0n) is 11.2. The summed E-state index contributed by atoms with van der Waals surface area (Å²) in [5.41, 5.74) is -1.41. The molecule has 8 nitrogen and oxygen atoms in total. The van der Waals surface area contributed by atoms with Gasteiger partial charge in [-0.3, -0.25) is 10.1 Å². The molecule has 8 heteroatoms. The predicted molar refractivity (Wildman–Crippen MR) is 68.4 cm³/mol. The van der Waals surface area contributed by atoms with Crippen LogP contribution in [0.4, 0.5) is 10.5 Å². The van der Waals surface area contributed by atoms with E-state index in [1.165, 1.54) is 45.2 Å². The molecule has 0 atom stereocenters. The lowest BCUT2D eigenvalue weighted by Gasteiger charge is -2.22. The maximum Gasteiger partial charge on any atom is 0.407 e. The molecule has 0 aliphatic carbocycles. The highest BCUT2D eigenvalue weighted by atomic mass is 16.6. The summed E-state index contributed by atoms with van der Waals surface area (Å²) in [5.74, 6) is -0.586. The minimum Gasteiger partial charge on any atom is -0.453 e. The molecule has 108 valence electrons.